The van der Waals surface area contributed by atoms with Crippen LogP contribution in [0.3, 0.4) is 0 Å². The van der Waals surface area contributed by atoms with Crippen LogP contribution in [0.2, 0.25) is 0 Å². The largest absolute Gasteiger partial charge is 0.496 e. The fourth-order valence-corrected chi connectivity index (χ4v) is 3.63. The van der Waals surface area contributed by atoms with Crippen LogP contribution in [0.5, 0.6) is 17.2 Å². The maximum absolute atomic E-state index is 12.1. The standard InChI is InChI=1S/C23H23NO6/c1-27-18-7-3-2-6-16(18)8-11-22(26)28-15-21(25)24-17-9-10-19-20(14-17)30-23(29-19)12-4-5-13-23/h2-3,6-11,14H,4-5,12-13,15H2,1H3,(H,24,25)/b11-8+. The number of rotatable bonds is 6. The van der Waals surface area contributed by atoms with Crippen LogP contribution in [0.1, 0.15) is 31.2 Å². The van der Waals surface area contributed by atoms with E-state index in [2.05, 4.69) is 5.32 Å². The summed E-state index contributed by atoms with van der Waals surface area (Å²) in [7, 11) is 1.55. The summed E-state index contributed by atoms with van der Waals surface area (Å²) in [4.78, 5) is 24.0. The summed E-state index contributed by atoms with van der Waals surface area (Å²) in [6, 6.07) is 12.5. The molecule has 1 aliphatic carbocycles. The van der Waals surface area contributed by atoms with Crippen LogP contribution in [-0.4, -0.2) is 31.4 Å². The Morgan fingerprint density at radius 2 is 1.87 bits per heavy atom. The number of carbonyl (C=O) groups excluding carboxylic acids is 2. The SMILES string of the molecule is COc1ccccc1/C=C/C(=O)OCC(=O)Nc1ccc2c(c1)OC1(CCCC1)O2. The zero-order chi connectivity index (χ0) is 21.0. The molecule has 4 rings (SSSR count). The molecule has 2 aromatic carbocycles. The molecule has 0 aromatic heterocycles. The Morgan fingerprint density at radius 3 is 2.67 bits per heavy atom. The molecule has 30 heavy (non-hydrogen) atoms. The lowest BCUT2D eigenvalue weighted by atomic mass is 10.2. The van der Waals surface area contributed by atoms with E-state index in [-0.39, 0.29) is 0 Å². The van der Waals surface area contributed by atoms with Crippen molar-refractivity contribution in [3.63, 3.8) is 0 Å². The fourth-order valence-electron chi connectivity index (χ4n) is 3.63. The van der Waals surface area contributed by atoms with E-state index in [0.717, 1.165) is 31.2 Å². The van der Waals surface area contributed by atoms with Gasteiger partial charge >= 0.3 is 5.97 Å². The highest BCUT2D eigenvalue weighted by Crippen LogP contribution is 2.47. The molecule has 1 amide bonds. The highest BCUT2D eigenvalue weighted by Gasteiger charge is 2.44. The number of ether oxygens (including phenoxy) is 4. The molecule has 1 spiro atoms. The van der Waals surface area contributed by atoms with E-state index in [4.69, 9.17) is 18.9 Å². The minimum absolute atomic E-state index is 0.395. The van der Waals surface area contributed by atoms with Gasteiger partial charge in [0.2, 0.25) is 0 Å². The average molecular weight is 409 g/mol. The molecule has 2 aromatic rings. The first-order valence-electron chi connectivity index (χ1n) is 9.87. The molecule has 1 heterocycles. The van der Waals surface area contributed by atoms with Gasteiger partial charge in [-0.3, -0.25) is 4.79 Å². The summed E-state index contributed by atoms with van der Waals surface area (Å²) in [5, 5.41) is 2.70. The molecule has 1 saturated carbocycles. The molecule has 1 aliphatic heterocycles. The second kappa shape index (κ2) is 8.49. The number of benzene rings is 2. The molecule has 0 unspecified atom stereocenters. The fraction of sp³-hybridized carbons (Fsp3) is 0.304. The van der Waals surface area contributed by atoms with E-state index in [0.29, 0.717) is 22.9 Å². The van der Waals surface area contributed by atoms with Crippen molar-refractivity contribution in [2.75, 3.05) is 19.0 Å². The minimum Gasteiger partial charge on any atom is -0.496 e. The van der Waals surface area contributed by atoms with Crippen molar-refractivity contribution in [2.45, 2.75) is 31.5 Å². The van der Waals surface area contributed by atoms with Crippen molar-refractivity contribution in [3.8, 4) is 17.2 Å². The topological polar surface area (TPSA) is 83.1 Å². The molecule has 1 N–H and O–H groups in total. The van der Waals surface area contributed by atoms with Crippen LogP contribution in [-0.2, 0) is 14.3 Å². The van der Waals surface area contributed by atoms with Crippen molar-refractivity contribution < 1.29 is 28.5 Å². The monoisotopic (exact) mass is 409 g/mol. The molecule has 2 aliphatic rings. The molecule has 7 heteroatoms. The van der Waals surface area contributed by atoms with Gasteiger partial charge in [-0.2, -0.15) is 0 Å². The summed E-state index contributed by atoms with van der Waals surface area (Å²) in [6.07, 6.45) is 6.72. The molecule has 1 fully saturated rings. The number of hydrogen-bond donors (Lipinski definition) is 1. The first-order chi connectivity index (χ1) is 14.6. The number of para-hydroxylation sites is 1. The molecule has 0 saturated heterocycles. The summed E-state index contributed by atoms with van der Waals surface area (Å²) in [5.41, 5.74) is 1.29. The van der Waals surface area contributed by atoms with Crippen LogP contribution < -0.4 is 19.5 Å². The number of anilines is 1. The number of carbonyl (C=O) groups is 2. The summed E-state index contributed by atoms with van der Waals surface area (Å²) in [5.74, 6) is 0.331. The number of esters is 1. The first kappa shape index (κ1) is 19.8. The van der Waals surface area contributed by atoms with Crippen LogP contribution in [0.25, 0.3) is 6.08 Å². The van der Waals surface area contributed by atoms with E-state index in [9.17, 15) is 9.59 Å². The van der Waals surface area contributed by atoms with Gasteiger partial charge in [0, 0.05) is 36.2 Å². The van der Waals surface area contributed by atoms with Crippen molar-refractivity contribution in [3.05, 3.63) is 54.1 Å². The van der Waals surface area contributed by atoms with E-state index in [1.54, 1.807) is 37.5 Å². The molecule has 0 bridgehead atoms. The van der Waals surface area contributed by atoms with Gasteiger partial charge in [-0.05, 0) is 37.1 Å². The summed E-state index contributed by atoms with van der Waals surface area (Å²) >= 11 is 0. The van der Waals surface area contributed by atoms with Gasteiger partial charge in [-0.1, -0.05) is 18.2 Å². The Bertz CT molecular complexity index is 977. The van der Waals surface area contributed by atoms with Crippen molar-refractivity contribution in [1.82, 2.24) is 0 Å². The van der Waals surface area contributed by atoms with Gasteiger partial charge in [0.05, 0.1) is 7.11 Å². The third-order valence-corrected chi connectivity index (χ3v) is 5.07. The van der Waals surface area contributed by atoms with Crippen LogP contribution in [0.15, 0.2) is 48.5 Å². The third kappa shape index (κ3) is 4.40. The molecule has 0 atom stereocenters. The number of amides is 1. The maximum atomic E-state index is 12.1. The molecule has 0 radical (unpaired) electrons. The third-order valence-electron chi connectivity index (χ3n) is 5.07. The molecular weight excluding hydrogens is 386 g/mol. The average Bonchev–Trinajstić information content (AvgIpc) is 3.36. The lowest BCUT2D eigenvalue weighted by Gasteiger charge is -2.21. The molecule has 7 nitrogen and oxygen atoms in total. The van der Waals surface area contributed by atoms with E-state index >= 15 is 0 Å². The summed E-state index contributed by atoms with van der Waals surface area (Å²) in [6.45, 7) is -0.395. The zero-order valence-corrected chi connectivity index (χ0v) is 16.7. The predicted molar refractivity (Wildman–Crippen MR) is 111 cm³/mol. The minimum atomic E-state index is -0.620. The number of methoxy groups -OCH3 is 1. The van der Waals surface area contributed by atoms with Crippen LogP contribution >= 0.6 is 0 Å². The second-order valence-electron chi connectivity index (χ2n) is 7.21. The lowest BCUT2D eigenvalue weighted by Crippen LogP contribution is -2.34. The smallest absolute Gasteiger partial charge is 0.331 e. The first-order valence-corrected chi connectivity index (χ1v) is 9.87. The normalized spacial score (nSPS) is 16.0. The Labute approximate surface area is 174 Å². The predicted octanol–water partition coefficient (Wildman–Crippen LogP) is 3.93. The van der Waals surface area contributed by atoms with Crippen molar-refractivity contribution >= 4 is 23.6 Å². The molecule has 156 valence electrons. The zero-order valence-electron chi connectivity index (χ0n) is 16.7. The quantitative estimate of drug-likeness (QED) is 0.575. The Kier molecular flexibility index (Phi) is 5.61. The van der Waals surface area contributed by atoms with E-state index < -0.39 is 24.3 Å². The van der Waals surface area contributed by atoms with Gasteiger partial charge in [-0.15, -0.1) is 0 Å². The number of hydrogen-bond acceptors (Lipinski definition) is 6. The number of nitrogens with one attached hydrogen (secondary N) is 1. The van der Waals surface area contributed by atoms with Gasteiger partial charge in [-0.25, -0.2) is 4.79 Å². The second-order valence-corrected chi connectivity index (χ2v) is 7.21. The van der Waals surface area contributed by atoms with Crippen molar-refractivity contribution in [2.24, 2.45) is 0 Å². The molecular formula is C23H23NO6. The highest BCUT2D eigenvalue weighted by atomic mass is 16.7. The maximum Gasteiger partial charge on any atom is 0.331 e. The number of fused-ring (bicyclic) bond motifs is 1. The Balaban J connectivity index is 1.28. The van der Waals surface area contributed by atoms with Crippen molar-refractivity contribution in [1.29, 1.82) is 0 Å². The highest BCUT2D eigenvalue weighted by molar-refractivity contribution is 5.95. The van der Waals surface area contributed by atoms with Gasteiger partial charge < -0.3 is 24.3 Å². The van der Waals surface area contributed by atoms with Crippen LogP contribution in [0.4, 0.5) is 5.69 Å². The Morgan fingerprint density at radius 1 is 1.10 bits per heavy atom. The van der Waals surface area contributed by atoms with Crippen LogP contribution in [0, 0.1) is 0 Å². The van der Waals surface area contributed by atoms with Gasteiger partial charge in [0.25, 0.3) is 11.7 Å². The van der Waals surface area contributed by atoms with Gasteiger partial charge in [0.1, 0.15) is 5.75 Å². The van der Waals surface area contributed by atoms with E-state index in [1.807, 2.05) is 18.2 Å². The Hall–Kier alpha value is -3.48. The summed E-state index contributed by atoms with van der Waals surface area (Å²) < 4.78 is 22.2. The van der Waals surface area contributed by atoms with Gasteiger partial charge in [0.15, 0.2) is 18.1 Å². The van der Waals surface area contributed by atoms with E-state index in [1.165, 1.54) is 6.08 Å². The lowest BCUT2D eigenvalue weighted by molar-refractivity contribution is -0.142.